The van der Waals surface area contributed by atoms with Gasteiger partial charge in [-0.3, -0.25) is 0 Å². The molecule has 0 aliphatic rings. The minimum absolute atomic E-state index is 0. The van der Waals surface area contributed by atoms with E-state index in [2.05, 4.69) is 94.3 Å². The molecule has 0 bridgehead atoms. The molecule has 0 amide bonds. The van der Waals surface area contributed by atoms with Crippen molar-refractivity contribution in [2.24, 2.45) is 0 Å². The van der Waals surface area contributed by atoms with Crippen molar-refractivity contribution in [1.82, 2.24) is 0 Å². The number of hydrogen-bond acceptors (Lipinski definition) is 0. The zero-order valence-corrected chi connectivity index (χ0v) is 30.2. The molecule has 0 saturated heterocycles. The van der Waals surface area contributed by atoms with Gasteiger partial charge in [0.2, 0.25) is 11.0 Å². The number of aromatic nitrogens is 2. The van der Waals surface area contributed by atoms with E-state index in [0.29, 0.717) is 0 Å². The molecule has 0 fully saturated rings. The van der Waals surface area contributed by atoms with Gasteiger partial charge >= 0.3 is 0 Å². The number of unbranched alkanes of at least 4 members (excludes halogenated alkanes) is 17. The van der Waals surface area contributed by atoms with Gasteiger partial charge in [0.05, 0.1) is 0 Å². The van der Waals surface area contributed by atoms with E-state index in [1.807, 2.05) is 0 Å². The summed E-state index contributed by atoms with van der Waals surface area (Å²) >= 11 is 0. The normalized spacial score (nSPS) is 11.0. The first kappa shape index (κ1) is 36.9. The Hall–Kier alpha value is -1.28. The van der Waals surface area contributed by atoms with Crippen LogP contribution < -0.4 is 57.1 Å². The van der Waals surface area contributed by atoms with Crippen molar-refractivity contribution in [2.45, 2.75) is 129 Å². The van der Waals surface area contributed by atoms with Crippen LogP contribution in [0.25, 0.3) is 21.8 Å². The van der Waals surface area contributed by atoms with E-state index in [4.69, 9.17) is 0 Å². The highest BCUT2D eigenvalue weighted by Crippen LogP contribution is 2.15. The Kier molecular flexibility index (Phi) is 20.3. The smallest absolute Gasteiger partial charge is 0.212 e. The number of pyridine rings is 2. The van der Waals surface area contributed by atoms with Crippen molar-refractivity contribution >= 4 is 21.8 Å². The number of benzene rings is 2. The minimum Gasteiger partial charge on any atom is -1.00 e. The van der Waals surface area contributed by atoms with Crippen LogP contribution >= 0.6 is 0 Å². The predicted molar refractivity (Wildman–Crippen MR) is 171 cm³/mol. The fraction of sp³-hybridized carbons (Fsp3) is 0.526. The zero-order chi connectivity index (χ0) is 27.5. The van der Waals surface area contributed by atoms with E-state index in [1.54, 1.807) is 0 Å². The van der Waals surface area contributed by atoms with Gasteiger partial charge in [0, 0.05) is 47.9 Å². The number of para-hydroxylation sites is 2. The number of rotatable bonds is 21. The lowest BCUT2D eigenvalue weighted by atomic mass is 10.0. The second-order valence-electron chi connectivity index (χ2n) is 11.9. The van der Waals surface area contributed by atoms with E-state index < -0.39 is 0 Å². The monoisotopic (exact) mass is 792 g/mol. The summed E-state index contributed by atoms with van der Waals surface area (Å²) in [5, 5.41) is 2.69. The molecule has 0 N–H and O–H groups in total. The zero-order valence-electron chi connectivity index (χ0n) is 25.9. The van der Waals surface area contributed by atoms with Crippen molar-refractivity contribution in [3.8, 4) is 0 Å². The molecule has 230 valence electrons. The Labute approximate surface area is 290 Å². The van der Waals surface area contributed by atoms with Gasteiger partial charge in [-0.15, -0.1) is 0 Å². The van der Waals surface area contributed by atoms with Crippen LogP contribution in [0.1, 0.15) is 116 Å². The van der Waals surface area contributed by atoms with Crippen LogP contribution in [0.15, 0.2) is 85.2 Å². The van der Waals surface area contributed by atoms with Crippen LogP contribution in [0.5, 0.6) is 0 Å². The molecule has 0 unspecified atom stereocenters. The summed E-state index contributed by atoms with van der Waals surface area (Å²) in [6, 6.07) is 26.2. The SMILES string of the molecule is [I-].[I-].c1ccc2c(c1)ccc[n+]2CCCCCCCCCCCCCCCCCCCC[n+]1cccc2ccccc21. The molecule has 2 heterocycles. The Bertz CT molecular complexity index is 1130. The molecule has 0 spiro atoms. The summed E-state index contributed by atoms with van der Waals surface area (Å²) in [6.45, 7) is 2.29. The average molecular weight is 793 g/mol. The van der Waals surface area contributed by atoms with E-state index in [0.717, 1.165) is 13.1 Å². The van der Waals surface area contributed by atoms with Crippen molar-refractivity contribution in [3.63, 3.8) is 0 Å². The van der Waals surface area contributed by atoms with E-state index in [9.17, 15) is 0 Å². The molecule has 2 aromatic heterocycles. The van der Waals surface area contributed by atoms with Gasteiger partial charge in [0.25, 0.3) is 0 Å². The lowest BCUT2D eigenvalue weighted by Gasteiger charge is -2.04. The van der Waals surface area contributed by atoms with Gasteiger partial charge in [-0.2, -0.15) is 9.13 Å². The predicted octanol–water partition coefficient (Wildman–Crippen LogP) is 4.30. The van der Waals surface area contributed by atoms with Crippen molar-refractivity contribution in [3.05, 3.63) is 85.2 Å². The minimum atomic E-state index is 0. The molecule has 4 heteroatoms. The molecule has 0 saturated carbocycles. The lowest BCUT2D eigenvalue weighted by Crippen LogP contribution is -3.00. The first-order valence-electron chi connectivity index (χ1n) is 16.7. The molecule has 0 aliphatic carbocycles. The van der Waals surface area contributed by atoms with Crippen LogP contribution in [-0.2, 0) is 13.1 Å². The molecule has 2 nitrogen and oxygen atoms in total. The second-order valence-corrected chi connectivity index (χ2v) is 11.9. The number of aryl methyl sites for hydroxylation is 2. The fourth-order valence-corrected chi connectivity index (χ4v) is 6.22. The standard InChI is InChI=1S/C38H54N2.2HI/c1(3-5-7-9-11-13-15-21-31-39-33-23-27-35-25-17-19-29-37(35)39)2-4-6-8-10-12-14-16-22-32-40-34-24-28-36-26-18-20-30-38(36)40;;/h17-20,23-30,33-34H,1-16,21-22,31-32H2;2*1H/q+2;;/p-2. The van der Waals surface area contributed by atoms with Crippen molar-refractivity contribution in [2.75, 3.05) is 0 Å². The van der Waals surface area contributed by atoms with Crippen LogP contribution in [0.2, 0.25) is 0 Å². The van der Waals surface area contributed by atoms with Crippen LogP contribution in [0.3, 0.4) is 0 Å². The molecule has 2 aromatic carbocycles. The first-order valence-corrected chi connectivity index (χ1v) is 16.7. The lowest BCUT2D eigenvalue weighted by molar-refractivity contribution is -0.672. The molecule has 4 aromatic rings. The molecule has 42 heavy (non-hydrogen) atoms. The third-order valence-corrected chi connectivity index (χ3v) is 8.62. The molecule has 4 rings (SSSR count). The highest BCUT2D eigenvalue weighted by atomic mass is 127. The summed E-state index contributed by atoms with van der Waals surface area (Å²) in [4.78, 5) is 0. The highest BCUT2D eigenvalue weighted by Gasteiger charge is 2.07. The summed E-state index contributed by atoms with van der Waals surface area (Å²) in [7, 11) is 0. The van der Waals surface area contributed by atoms with E-state index >= 15 is 0 Å². The van der Waals surface area contributed by atoms with Gasteiger partial charge in [0.15, 0.2) is 12.4 Å². The maximum absolute atomic E-state index is 2.42. The third-order valence-electron chi connectivity index (χ3n) is 8.62. The fourth-order valence-electron chi connectivity index (χ4n) is 6.22. The maximum atomic E-state index is 2.42. The molecular weight excluding hydrogens is 738 g/mol. The largest absolute Gasteiger partial charge is 1.00 e. The topological polar surface area (TPSA) is 7.76 Å². The van der Waals surface area contributed by atoms with Crippen molar-refractivity contribution in [1.29, 1.82) is 0 Å². The highest BCUT2D eigenvalue weighted by molar-refractivity contribution is 5.75. The number of nitrogens with zero attached hydrogens (tertiary/aromatic N) is 2. The molecular formula is C38H54I2N2. The summed E-state index contributed by atoms with van der Waals surface area (Å²) < 4.78 is 4.84. The van der Waals surface area contributed by atoms with Crippen LogP contribution in [0, 0.1) is 0 Å². The van der Waals surface area contributed by atoms with Gasteiger partial charge in [-0.1, -0.05) is 114 Å². The number of halogens is 2. The Balaban J connectivity index is 0.00000308. The van der Waals surface area contributed by atoms with Crippen LogP contribution in [0.4, 0.5) is 0 Å². The average Bonchev–Trinajstić information content (AvgIpc) is 3.00. The molecule has 0 aliphatic heterocycles. The van der Waals surface area contributed by atoms with Gasteiger partial charge in [-0.25, -0.2) is 0 Å². The van der Waals surface area contributed by atoms with Crippen LogP contribution in [-0.4, -0.2) is 0 Å². The Morgan fingerprint density at radius 2 is 0.571 bits per heavy atom. The Morgan fingerprint density at radius 1 is 0.310 bits per heavy atom. The molecule has 0 radical (unpaired) electrons. The molecule has 0 atom stereocenters. The quantitative estimate of drug-likeness (QED) is 0.0677. The number of fused-ring (bicyclic) bond motifs is 2. The van der Waals surface area contributed by atoms with Gasteiger partial charge < -0.3 is 48.0 Å². The first-order chi connectivity index (χ1) is 19.9. The van der Waals surface area contributed by atoms with E-state index in [-0.39, 0.29) is 48.0 Å². The summed E-state index contributed by atoms with van der Waals surface area (Å²) in [5.41, 5.74) is 2.73. The summed E-state index contributed by atoms with van der Waals surface area (Å²) in [5.74, 6) is 0. The van der Waals surface area contributed by atoms with E-state index in [1.165, 1.54) is 137 Å². The second kappa shape index (κ2) is 23.1. The van der Waals surface area contributed by atoms with Gasteiger partial charge in [-0.05, 0) is 37.1 Å². The number of hydrogen-bond donors (Lipinski definition) is 0. The Morgan fingerprint density at radius 3 is 0.905 bits per heavy atom. The van der Waals surface area contributed by atoms with Crippen molar-refractivity contribution < 1.29 is 57.1 Å². The van der Waals surface area contributed by atoms with Gasteiger partial charge in [0.1, 0.15) is 13.1 Å². The summed E-state index contributed by atoms with van der Waals surface area (Å²) in [6.07, 6.45) is 29.9. The maximum Gasteiger partial charge on any atom is 0.212 e. The third kappa shape index (κ3) is 13.6.